The van der Waals surface area contributed by atoms with Crippen LogP contribution in [0.4, 0.5) is 13.2 Å². The van der Waals surface area contributed by atoms with Gasteiger partial charge < -0.3 is 5.32 Å². The highest BCUT2D eigenvalue weighted by Crippen LogP contribution is 2.29. The van der Waals surface area contributed by atoms with Gasteiger partial charge in [-0.3, -0.25) is 4.79 Å². The van der Waals surface area contributed by atoms with Gasteiger partial charge in [-0.25, -0.2) is 9.67 Å². The number of nitrogens with zero attached hydrogens (tertiary/aromatic N) is 3. The van der Waals surface area contributed by atoms with E-state index in [1.54, 1.807) is 35.9 Å². The van der Waals surface area contributed by atoms with E-state index in [0.717, 1.165) is 11.8 Å². The Balaban J connectivity index is 1.85. The first-order valence-electron chi connectivity index (χ1n) is 9.36. The van der Waals surface area contributed by atoms with Gasteiger partial charge in [-0.15, -0.1) is 0 Å². The lowest BCUT2D eigenvalue weighted by atomic mass is 10.1. The molecule has 9 heteroatoms. The molecule has 0 saturated carbocycles. The summed E-state index contributed by atoms with van der Waals surface area (Å²) in [6.07, 6.45) is -2.01. The van der Waals surface area contributed by atoms with E-state index in [-0.39, 0.29) is 5.69 Å². The number of rotatable bonds is 6. The van der Waals surface area contributed by atoms with E-state index in [2.05, 4.69) is 15.4 Å². The van der Waals surface area contributed by atoms with Gasteiger partial charge in [0.25, 0.3) is 5.91 Å². The maximum atomic E-state index is 13.0. The second-order valence-corrected chi connectivity index (χ2v) is 7.23. The Labute approximate surface area is 176 Å². The van der Waals surface area contributed by atoms with E-state index in [9.17, 15) is 18.0 Å². The lowest BCUT2D eigenvalue weighted by molar-refractivity contribution is -0.141. The summed E-state index contributed by atoms with van der Waals surface area (Å²) in [4.78, 5) is 16.6. The van der Waals surface area contributed by atoms with Crippen LogP contribution in [-0.2, 0) is 6.18 Å². The second-order valence-electron chi connectivity index (χ2n) is 6.79. The van der Waals surface area contributed by atoms with E-state index < -0.39 is 23.8 Å². The number of aromatic nitrogens is 3. The van der Waals surface area contributed by atoms with Crippen molar-refractivity contribution in [2.75, 3.05) is 0 Å². The van der Waals surface area contributed by atoms with Gasteiger partial charge in [-0.1, -0.05) is 31.0 Å². The Hall–Kier alpha value is -2.87. The highest BCUT2D eigenvalue weighted by molar-refractivity contribution is 6.30. The van der Waals surface area contributed by atoms with Crippen molar-refractivity contribution in [3.8, 4) is 5.69 Å². The number of hydrogen-bond acceptors (Lipinski definition) is 3. The third-order valence-electron chi connectivity index (χ3n) is 4.63. The molecule has 3 rings (SSSR count). The molecule has 1 aromatic carbocycles. The fourth-order valence-corrected chi connectivity index (χ4v) is 3.22. The standard InChI is InChI=1S/C21H20ClF3N4O/c1-3-5-17(18-6-4-7-19(27-18)21(23,24)25)28-20(30)16-12-26-29(13(16)2)15-10-8-14(22)9-11-15/h4,6-12,17H,3,5H2,1-2H3,(H,28,30)/t17-/m0/s1. The Bertz CT molecular complexity index is 1030. The summed E-state index contributed by atoms with van der Waals surface area (Å²) in [5.41, 5.74) is 0.852. The van der Waals surface area contributed by atoms with Crippen LogP contribution in [0.3, 0.4) is 0 Å². The van der Waals surface area contributed by atoms with Crippen LogP contribution in [0.5, 0.6) is 0 Å². The average molecular weight is 437 g/mol. The molecule has 0 unspecified atom stereocenters. The van der Waals surface area contributed by atoms with Gasteiger partial charge in [-0.2, -0.15) is 18.3 Å². The van der Waals surface area contributed by atoms with E-state index >= 15 is 0 Å². The molecule has 0 spiro atoms. The summed E-state index contributed by atoms with van der Waals surface area (Å²) < 4.78 is 40.7. The molecule has 0 radical (unpaired) electrons. The molecular formula is C21H20ClF3N4O. The van der Waals surface area contributed by atoms with Gasteiger partial charge in [0.15, 0.2) is 0 Å². The molecule has 1 amide bonds. The first kappa shape index (κ1) is 21.8. The molecule has 0 aliphatic heterocycles. The zero-order chi connectivity index (χ0) is 21.9. The third-order valence-corrected chi connectivity index (χ3v) is 4.88. The van der Waals surface area contributed by atoms with Crippen LogP contribution in [0, 0.1) is 6.92 Å². The zero-order valence-corrected chi connectivity index (χ0v) is 17.1. The maximum absolute atomic E-state index is 13.0. The minimum absolute atomic E-state index is 0.169. The Morgan fingerprint density at radius 2 is 1.90 bits per heavy atom. The molecule has 3 aromatic rings. The number of halogens is 4. The minimum Gasteiger partial charge on any atom is -0.344 e. The zero-order valence-electron chi connectivity index (χ0n) is 16.4. The molecule has 0 bridgehead atoms. The van der Waals surface area contributed by atoms with Crippen molar-refractivity contribution in [3.63, 3.8) is 0 Å². The monoisotopic (exact) mass is 436 g/mol. The normalized spacial score (nSPS) is 12.6. The van der Waals surface area contributed by atoms with Crippen LogP contribution in [0.25, 0.3) is 5.69 Å². The molecule has 2 aromatic heterocycles. The lowest BCUT2D eigenvalue weighted by Gasteiger charge is -2.19. The Morgan fingerprint density at radius 3 is 2.53 bits per heavy atom. The average Bonchev–Trinajstić information content (AvgIpc) is 3.09. The van der Waals surface area contributed by atoms with Gasteiger partial charge in [0.05, 0.1) is 34.9 Å². The number of amides is 1. The molecule has 0 fully saturated rings. The highest BCUT2D eigenvalue weighted by Gasteiger charge is 2.33. The summed E-state index contributed by atoms with van der Waals surface area (Å²) in [7, 11) is 0. The number of carbonyl (C=O) groups is 1. The van der Waals surface area contributed by atoms with E-state index in [4.69, 9.17) is 11.6 Å². The Morgan fingerprint density at radius 1 is 1.20 bits per heavy atom. The molecule has 5 nitrogen and oxygen atoms in total. The lowest BCUT2D eigenvalue weighted by Crippen LogP contribution is -2.30. The van der Waals surface area contributed by atoms with E-state index in [1.807, 2.05) is 6.92 Å². The molecule has 2 heterocycles. The molecule has 30 heavy (non-hydrogen) atoms. The molecule has 158 valence electrons. The molecule has 0 saturated heterocycles. The summed E-state index contributed by atoms with van der Waals surface area (Å²) in [5, 5.41) is 7.64. The van der Waals surface area contributed by atoms with Gasteiger partial charge >= 0.3 is 6.18 Å². The van der Waals surface area contributed by atoms with Crippen LogP contribution in [0.2, 0.25) is 5.02 Å². The quantitative estimate of drug-likeness (QED) is 0.553. The Kier molecular flexibility index (Phi) is 6.45. The van der Waals surface area contributed by atoms with E-state index in [1.165, 1.54) is 18.3 Å². The van der Waals surface area contributed by atoms with Crippen LogP contribution < -0.4 is 5.32 Å². The summed E-state index contributed by atoms with van der Waals surface area (Å²) in [6.45, 7) is 3.63. The van der Waals surface area contributed by atoms with Crippen molar-refractivity contribution in [2.24, 2.45) is 0 Å². The predicted octanol–water partition coefficient (Wildman–Crippen LogP) is 5.52. The predicted molar refractivity (Wildman–Crippen MR) is 108 cm³/mol. The minimum atomic E-state index is -4.55. The van der Waals surface area contributed by atoms with E-state index in [0.29, 0.717) is 29.1 Å². The number of benzene rings is 1. The van der Waals surface area contributed by atoms with Crippen molar-refractivity contribution < 1.29 is 18.0 Å². The third kappa shape index (κ3) is 4.81. The SMILES string of the molecule is CCC[C@H](NC(=O)c1cnn(-c2ccc(Cl)cc2)c1C)c1cccc(C(F)(F)F)n1. The van der Waals surface area contributed by atoms with Crippen LogP contribution in [0.1, 0.15) is 53.2 Å². The molecule has 0 aliphatic rings. The summed E-state index contributed by atoms with van der Waals surface area (Å²) >= 11 is 5.91. The van der Waals surface area contributed by atoms with Gasteiger partial charge in [-0.05, 0) is 49.7 Å². The first-order chi connectivity index (χ1) is 14.2. The number of alkyl halides is 3. The van der Waals surface area contributed by atoms with Crippen molar-refractivity contribution in [2.45, 2.75) is 38.9 Å². The largest absolute Gasteiger partial charge is 0.433 e. The van der Waals surface area contributed by atoms with Crippen molar-refractivity contribution in [1.29, 1.82) is 0 Å². The highest BCUT2D eigenvalue weighted by atomic mass is 35.5. The fraction of sp³-hybridized carbons (Fsp3) is 0.286. The van der Waals surface area contributed by atoms with Gasteiger partial charge in [0.2, 0.25) is 0 Å². The summed E-state index contributed by atoms with van der Waals surface area (Å²) in [5.74, 6) is -0.426. The smallest absolute Gasteiger partial charge is 0.344 e. The number of pyridine rings is 1. The fourth-order valence-electron chi connectivity index (χ4n) is 3.10. The van der Waals surface area contributed by atoms with Crippen LogP contribution in [-0.4, -0.2) is 20.7 Å². The second kappa shape index (κ2) is 8.87. The van der Waals surface area contributed by atoms with Crippen LogP contribution in [0.15, 0.2) is 48.7 Å². The first-order valence-corrected chi connectivity index (χ1v) is 9.74. The van der Waals surface area contributed by atoms with Crippen molar-refractivity contribution in [3.05, 3.63) is 76.3 Å². The van der Waals surface area contributed by atoms with Crippen molar-refractivity contribution >= 4 is 17.5 Å². The molecule has 0 aliphatic carbocycles. The maximum Gasteiger partial charge on any atom is 0.433 e. The number of carbonyl (C=O) groups excluding carboxylic acids is 1. The van der Waals surface area contributed by atoms with Gasteiger partial charge in [0, 0.05) is 5.02 Å². The van der Waals surface area contributed by atoms with Crippen LogP contribution >= 0.6 is 11.6 Å². The molecular weight excluding hydrogens is 417 g/mol. The number of nitrogens with one attached hydrogen (secondary N) is 1. The molecule has 1 N–H and O–H groups in total. The number of hydrogen-bond donors (Lipinski definition) is 1. The molecule has 1 atom stereocenters. The summed E-state index contributed by atoms with van der Waals surface area (Å²) in [6, 6.07) is 10.0. The topological polar surface area (TPSA) is 59.8 Å². The van der Waals surface area contributed by atoms with Crippen molar-refractivity contribution in [1.82, 2.24) is 20.1 Å². The van der Waals surface area contributed by atoms with Gasteiger partial charge in [0.1, 0.15) is 5.69 Å².